The van der Waals surface area contributed by atoms with Crippen LogP contribution in [-0.4, -0.2) is 23.0 Å². The predicted molar refractivity (Wildman–Crippen MR) is 91.9 cm³/mol. The molecular weight excluding hydrogens is 272 g/mol. The molecule has 1 aliphatic heterocycles. The van der Waals surface area contributed by atoms with Crippen LogP contribution in [0.1, 0.15) is 65.4 Å². The summed E-state index contributed by atoms with van der Waals surface area (Å²) in [7, 11) is 0. The average Bonchev–Trinajstić information content (AvgIpc) is 2.36. The fraction of sp³-hybridized carbons (Fsp3) is 0.632. The minimum atomic E-state index is -0.0534. The minimum absolute atomic E-state index is 0.0498. The lowest BCUT2D eigenvalue weighted by atomic mass is 9.79. The van der Waals surface area contributed by atoms with Crippen molar-refractivity contribution < 1.29 is 4.79 Å². The highest BCUT2D eigenvalue weighted by atomic mass is 16.1. The van der Waals surface area contributed by atoms with E-state index in [0.29, 0.717) is 0 Å². The third-order valence-corrected chi connectivity index (χ3v) is 4.46. The van der Waals surface area contributed by atoms with Crippen molar-refractivity contribution in [3.63, 3.8) is 0 Å². The second-order valence-electron chi connectivity index (χ2n) is 7.88. The predicted octanol–water partition coefficient (Wildman–Crippen LogP) is 3.61. The lowest BCUT2D eigenvalue weighted by molar-refractivity contribution is -0.123. The lowest BCUT2D eigenvalue weighted by Crippen LogP contribution is -2.62. The molecule has 0 aliphatic carbocycles. The summed E-state index contributed by atoms with van der Waals surface area (Å²) in [5, 5.41) is 6.96. The second kappa shape index (κ2) is 6.41. The summed E-state index contributed by atoms with van der Waals surface area (Å²) in [4.78, 5) is 12.7. The molecule has 0 radical (unpaired) electrons. The summed E-state index contributed by atoms with van der Waals surface area (Å²) in [6.07, 6.45) is 2.76. The summed E-state index contributed by atoms with van der Waals surface area (Å²) in [6.45, 7) is 10.9. The van der Waals surface area contributed by atoms with Crippen molar-refractivity contribution in [2.45, 2.75) is 76.9 Å². The first-order valence-electron chi connectivity index (χ1n) is 8.37. The lowest BCUT2D eigenvalue weighted by Gasteiger charge is -2.46. The van der Waals surface area contributed by atoms with Crippen LogP contribution in [0.15, 0.2) is 30.3 Å². The van der Waals surface area contributed by atoms with E-state index in [1.54, 1.807) is 0 Å². The highest BCUT2D eigenvalue weighted by Gasteiger charge is 2.38. The molecule has 122 valence electrons. The van der Waals surface area contributed by atoms with Gasteiger partial charge in [0.05, 0.1) is 5.92 Å². The van der Waals surface area contributed by atoms with Gasteiger partial charge in [0.25, 0.3) is 0 Å². The standard InChI is InChI=1S/C19H30N2O/c1-6-16(14-10-8-7-9-11-14)17(22)20-15-12-18(2,3)21-19(4,5)13-15/h7-11,15-16,21H,6,12-13H2,1-5H3,(H,20,22). The van der Waals surface area contributed by atoms with E-state index in [4.69, 9.17) is 0 Å². The van der Waals surface area contributed by atoms with Gasteiger partial charge in [-0.25, -0.2) is 0 Å². The topological polar surface area (TPSA) is 41.1 Å². The molecule has 0 saturated carbocycles. The molecule has 1 unspecified atom stereocenters. The molecule has 1 atom stereocenters. The molecule has 0 aromatic heterocycles. The number of carbonyl (C=O) groups is 1. The first-order valence-corrected chi connectivity index (χ1v) is 8.37. The van der Waals surface area contributed by atoms with Crippen LogP contribution in [0.5, 0.6) is 0 Å². The number of carbonyl (C=O) groups excluding carboxylic acids is 1. The fourth-order valence-corrected chi connectivity index (χ4v) is 3.98. The molecule has 0 bridgehead atoms. The molecule has 1 aliphatic rings. The Morgan fingerprint density at radius 3 is 2.23 bits per heavy atom. The van der Waals surface area contributed by atoms with Gasteiger partial charge in [-0.2, -0.15) is 0 Å². The van der Waals surface area contributed by atoms with E-state index in [-0.39, 0.29) is 28.9 Å². The minimum Gasteiger partial charge on any atom is -0.353 e. The molecule has 1 aromatic rings. The SMILES string of the molecule is CCC(C(=O)NC1CC(C)(C)NC(C)(C)C1)c1ccccc1. The molecule has 1 aromatic carbocycles. The smallest absolute Gasteiger partial charge is 0.227 e. The van der Waals surface area contributed by atoms with Gasteiger partial charge in [0.15, 0.2) is 0 Å². The molecule has 1 amide bonds. The first-order chi connectivity index (χ1) is 10.2. The molecule has 2 N–H and O–H groups in total. The van der Waals surface area contributed by atoms with Gasteiger partial charge < -0.3 is 10.6 Å². The third kappa shape index (κ3) is 4.33. The molecule has 3 heteroatoms. The highest BCUT2D eigenvalue weighted by molar-refractivity contribution is 5.83. The van der Waals surface area contributed by atoms with Crippen LogP contribution in [0.4, 0.5) is 0 Å². The van der Waals surface area contributed by atoms with Crippen molar-refractivity contribution >= 4 is 5.91 Å². The van der Waals surface area contributed by atoms with Gasteiger partial charge in [-0.05, 0) is 52.5 Å². The van der Waals surface area contributed by atoms with Gasteiger partial charge >= 0.3 is 0 Å². The van der Waals surface area contributed by atoms with Crippen LogP contribution in [0.3, 0.4) is 0 Å². The van der Waals surface area contributed by atoms with Crippen molar-refractivity contribution in [2.75, 3.05) is 0 Å². The molecule has 2 rings (SSSR count). The Morgan fingerprint density at radius 2 is 1.73 bits per heavy atom. The number of hydrogen-bond acceptors (Lipinski definition) is 2. The number of benzene rings is 1. The van der Waals surface area contributed by atoms with Crippen molar-refractivity contribution in [3.05, 3.63) is 35.9 Å². The normalized spacial score (nSPS) is 22.0. The summed E-state index contributed by atoms with van der Waals surface area (Å²) < 4.78 is 0. The zero-order valence-corrected chi connectivity index (χ0v) is 14.6. The van der Waals surface area contributed by atoms with Crippen LogP contribution >= 0.6 is 0 Å². The van der Waals surface area contributed by atoms with Crippen LogP contribution in [0.2, 0.25) is 0 Å². The summed E-state index contributed by atoms with van der Waals surface area (Å²) in [6, 6.07) is 10.3. The van der Waals surface area contributed by atoms with E-state index in [0.717, 1.165) is 24.8 Å². The number of rotatable bonds is 4. The Morgan fingerprint density at radius 1 is 1.18 bits per heavy atom. The Hall–Kier alpha value is -1.35. The Labute approximate surface area is 134 Å². The Kier molecular flexibility index (Phi) is 4.96. The van der Waals surface area contributed by atoms with Gasteiger partial charge in [0, 0.05) is 17.1 Å². The summed E-state index contributed by atoms with van der Waals surface area (Å²) >= 11 is 0. The summed E-state index contributed by atoms with van der Waals surface area (Å²) in [5.41, 5.74) is 1.21. The number of amides is 1. The van der Waals surface area contributed by atoms with Crippen molar-refractivity contribution in [3.8, 4) is 0 Å². The van der Waals surface area contributed by atoms with Crippen molar-refractivity contribution in [2.24, 2.45) is 0 Å². The zero-order chi connectivity index (χ0) is 16.4. The van der Waals surface area contributed by atoms with Crippen LogP contribution in [-0.2, 0) is 4.79 Å². The maximum absolute atomic E-state index is 12.7. The van der Waals surface area contributed by atoms with Crippen molar-refractivity contribution in [1.29, 1.82) is 0 Å². The van der Waals surface area contributed by atoms with E-state index in [1.807, 2.05) is 30.3 Å². The van der Waals surface area contributed by atoms with Crippen molar-refractivity contribution in [1.82, 2.24) is 10.6 Å². The van der Waals surface area contributed by atoms with Gasteiger partial charge in [0.2, 0.25) is 5.91 Å². The maximum atomic E-state index is 12.7. The molecule has 1 saturated heterocycles. The maximum Gasteiger partial charge on any atom is 0.227 e. The van der Waals surface area contributed by atoms with E-state index in [9.17, 15) is 4.79 Å². The van der Waals surface area contributed by atoms with E-state index in [1.165, 1.54) is 0 Å². The van der Waals surface area contributed by atoms with Gasteiger partial charge in [-0.1, -0.05) is 37.3 Å². The number of piperidine rings is 1. The van der Waals surface area contributed by atoms with Gasteiger partial charge in [-0.15, -0.1) is 0 Å². The molecule has 22 heavy (non-hydrogen) atoms. The second-order valence-corrected chi connectivity index (χ2v) is 7.88. The van der Waals surface area contributed by atoms with Gasteiger partial charge in [0.1, 0.15) is 0 Å². The molecule has 0 spiro atoms. The van der Waals surface area contributed by atoms with E-state index < -0.39 is 0 Å². The van der Waals surface area contributed by atoms with Crippen LogP contribution in [0.25, 0.3) is 0 Å². The number of nitrogens with one attached hydrogen (secondary N) is 2. The molecule has 1 fully saturated rings. The zero-order valence-electron chi connectivity index (χ0n) is 14.6. The van der Waals surface area contributed by atoms with E-state index in [2.05, 4.69) is 45.3 Å². The molecule has 3 nitrogen and oxygen atoms in total. The first kappa shape index (κ1) is 17.0. The monoisotopic (exact) mass is 302 g/mol. The van der Waals surface area contributed by atoms with Crippen LogP contribution in [0, 0.1) is 0 Å². The molecular formula is C19H30N2O. The summed E-state index contributed by atoms with van der Waals surface area (Å²) in [5.74, 6) is 0.106. The third-order valence-electron chi connectivity index (χ3n) is 4.46. The Bertz CT molecular complexity index is 491. The van der Waals surface area contributed by atoms with Gasteiger partial charge in [-0.3, -0.25) is 4.79 Å². The molecule has 1 heterocycles. The largest absolute Gasteiger partial charge is 0.353 e. The van der Waals surface area contributed by atoms with Crippen LogP contribution < -0.4 is 10.6 Å². The average molecular weight is 302 g/mol. The highest BCUT2D eigenvalue weighted by Crippen LogP contribution is 2.29. The van der Waals surface area contributed by atoms with E-state index >= 15 is 0 Å². The Balaban J connectivity index is 2.07. The quantitative estimate of drug-likeness (QED) is 0.892. The number of hydrogen-bond donors (Lipinski definition) is 2. The fourth-order valence-electron chi connectivity index (χ4n) is 3.98.